The number of benzene rings is 2. The van der Waals surface area contributed by atoms with Crippen molar-refractivity contribution in [3.8, 4) is 5.75 Å². The van der Waals surface area contributed by atoms with E-state index in [-0.39, 0.29) is 35.9 Å². The molecule has 2 aromatic carbocycles. The van der Waals surface area contributed by atoms with E-state index in [0.29, 0.717) is 19.4 Å². The Morgan fingerprint density at radius 3 is 2.25 bits per heavy atom. The van der Waals surface area contributed by atoms with Crippen LogP contribution in [0.1, 0.15) is 24.4 Å². The average Bonchev–Trinajstić information content (AvgIpc) is 2.79. The van der Waals surface area contributed by atoms with Gasteiger partial charge in [0.25, 0.3) is 0 Å². The Morgan fingerprint density at radius 2 is 1.72 bits per heavy atom. The van der Waals surface area contributed by atoms with Gasteiger partial charge in [0, 0.05) is 25.6 Å². The molecule has 1 saturated heterocycles. The van der Waals surface area contributed by atoms with Gasteiger partial charge < -0.3 is 15.0 Å². The molecule has 1 atom stereocenters. The van der Waals surface area contributed by atoms with Gasteiger partial charge in [0.15, 0.2) is 0 Å². The van der Waals surface area contributed by atoms with E-state index in [2.05, 4.69) is 5.32 Å². The number of ether oxygens (including phenoxy) is 1. The van der Waals surface area contributed by atoms with E-state index in [9.17, 15) is 17.6 Å². The van der Waals surface area contributed by atoms with E-state index in [4.69, 9.17) is 4.74 Å². The van der Waals surface area contributed by atoms with Gasteiger partial charge in [-0.25, -0.2) is 12.8 Å². The highest BCUT2D eigenvalue weighted by Crippen LogP contribution is 2.25. The summed E-state index contributed by atoms with van der Waals surface area (Å²) in [5.41, 5.74) is 1.07. The monoisotopic (exact) mass is 463 g/mol. The van der Waals surface area contributed by atoms with Crippen LogP contribution >= 0.6 is 0 Å². The molecule has 0 spiro atoms. The van der Waals surface area contributed by atoms with Gasteiger partial charge in [-0.15, -0.1) is 0 Å². The normalized spacial score (nSPS) is 16.7. The lowest BCUT2D eigenvalue weighted by molar-refractivity contribution is -0.126. The number of nitrogens with one attached hydrogen (secondary N) is 1. The summed E-state index contributed by atoms with van der Waals surface area (Å²) in [6.07, 6.45) is 0.892. The lowest BCUT2D eigenvalue weighted by Crippen LogP contribution is -2.44. The summed E-state index contributed by atoms with van der Waals surface area (Å²) in [5, 5.41) is 3.03. The van der Waals surface area contributed by atoms with Gasteiger partial charge in [-0.2, -0.15) is 4.31 Å². The number of carbonyl (C=O) groups is 1. The minimum Gasteiger partial charge on any atom is -0.497 e. The number of hydrogen-bond donors (Lipinski definition) is 1. The SMILES string of the molecule is COc1ccc([C@H](CNC(=O)C2CCN(S(=O)(=O)c3ccc(F)cc3)CC2)N(C)C)cc1. The maximum absolute atomic E-state index is 13.1. The zero-order chi connectivity index (χ0) is 23.3. The number of nitrogens with zero attached hydrogens (tertiary/aromatic N) is 2. The van der Waals surface area contributed by atoms with Crippen molar-refractivity contribution in [2.75, 3.05) is 40.8 Å². The average molecular weight is 464 g/mol. The summed E-state index contributed by atoms with van der Waals surface area (Å²) in [6, 6.07) is 12.6. The second-order valence-corrected chi connectivity index (χ2v) is 10.1. The van der Waals surface area contributed by atoms with Crippen LogP contribution in [0, 0.1) is 11.7 Å². The van der Waals surface area contributed by atoms with Gasteiger partial charge in [0.1, 0.15) is 11.6 Å². The van der Waals surface area contributed by atoms with E-state index in [0.717, 1.165) is 23.4 Å². The minimum absolute atomic E-state index is 0.00352. The number of methoxy groups -OCH3 is 1. The first-order valence-electron chi connectivity index (χ1n) is 10.6. The lowest BCUT2D eigenvalue weighted by atomic mass is 9.97. The zero-order valence-corrected chi connectivity index (χ0v) is 19.4. The Balaban J connectivity index is 1.56. The van der Waals surface area contributed by atoms with Gasteiger partial charge in [-0.1, -0.05) is 12.1 Å². The summed E-state index contributed by atoms with van der Waals surface area (Å²) in [7, 11) is 1.85. The van der Waals surface area contributed by atoms with Gasteiger partial charge in [-0.05, 0) is 68.9 Å². The predicted molar refractivity (Wildman–Crippen MR) is 120 cm³/mol. The van der Waals surface area contributed by atoms with Crippen LogP contribution in [-0.2, 0) is 14.8 Å². The van der Waals surface area contributed by atoms with Crippen LogP contribution in [0.3, 0.4) is 0 Å². The molecular weight excluding hydrogens is 433 g/mol. The van der Waals surface area contributed by atoms with Crippen LogP contribution < -0.4 is 10.1 Å². The molecule has 0 aromatic heterocycles. The largest absolute Gasteiger partial charge is 0.497 e. The molecule has 2 aromatic rings. The Kier molecular flexibility index (Phi) is 7.86. The standard InChI is InChI=1S/C23H30FN3O4S/c1-26(2)22(17-4-8-20(31-3)9-5-17)16-25-23(28)18-12-14-27(15-13-18)32(29,30)21-10-6-19(24)7-11-21/h4-11,18,22H,12-16H2,1-3H3,(H,25,28)/t22-/m0/s1. The number of halogens is 1. The molecule has 1 N–H and O–H groups in total. The summed E-state index contributed by atoms with van der Waals surface area (Å²) in [6.45, 7) is 0.965. The minimum atomic E-state index is -3.69. The fraction of sp³-hybridized carbons (Fsp3) is 0.435. The molecule has 3 rings (SSSR count). The summed E-state index contributed by atoms with van der Waals surface area (Å²) >= 11 is 0. The number of hydrogen-bond acceptors (Lipinski definition) is 5. The van der Waals surface area contributed by atoms with Crippen LogP contribution in [0.4, 0.5) is 4.39 Å². The van der Waals surface area contributed by atoms with Crippen molar-refractivity contribution in [1.82, 2.24) is 14.5 Å². The first-order valence-corrected chi connectivity index (χ1v) is 12.0. The predicted octanol–water partition coefficient (Wildman–Crippen LogP) is 2.65. The Hall–Kier alpha value is -2.49. The van der Waals surface area contributed by atoms with Gasteiger partial charge in [0.2, 0.25) is 15.9 Å². The molecule has 0 saturated carbocycles. The molecule has 0 bridgehead atoms. The molecule has 1 fully saturated rings. The van der Waals surface area contributed by atoms with Crippen LogP contribution in [0.25, 0.3) is 0 Å². The third kappa shape index (κ3) is 5.65. The number of amides is 1. The highest BCUT2D eigenvalue weighted by atomic mass is 32.2. The fourth-order valence-corrected chi connectivity index (χ4v) is 5.35. The van der Waals surface area contributed by atoms with E-state index in [1.54, 1.807) is 7.11 Å². The number of likely N-dealkylation sites (N-methyl/N-ethyl adjacent to an activating group) is 1. The summed E-state index contributed by atoms with van der Waals surface area (Å²) in [5.74, 6) is -0.0137. The van der Waals surface area contributed by atoms with Gasteiger partial charge in [-0.3, -0.25) is 4.79 Å². The van der Waals surface area contributed by atoms with Crippen molar-refractivity contribution >= 4 is 15.9 Å². The smallest absolute Gasteiger partial charge is 0.243 e. The lowest BCUT2D eigenvalue weighted by Gasteiger charge is -2.31. The molecule has 0 aliphatic carbocycles. The van der Waals surface area contributed by atoms with Crippen molar-refractivity contribution in [3.63, 3.8) is 0 Å². The molecule has 32 heavy (non-hydrogen) atoms. The second kappa shape index (κ2) is 10.4. The topological polar surface area (TPSA) is 79.0 Å². The molecule has 1 aliphatic rings. The molecule has 7 nitrogen and oxygen atoms in total. The van der Waals surface area contributed by atoms with Crippen LogP contribution in [0.15, 0.2) is 53.4 Å². The Labute approximate surface area is 189 Å². The molecule has 1 heterocycles. The zero-order valence-electron chi connectivity index (χ0n) is 18.6. The van der Waals surface area contributed by atoms with Crippen LogP contribution in [0.5, 0.6) is 5.75 Å². The molecule has 1 amide bonds. The maximum atomic E-state index is 13.1. The fourth-order valence-electron chi connectivity index (χ4n) is 3.88. The molecule has 1 aliphatic heterocycles. The van der Waals surface area contributed by atoms with E-state index in [1.807, 2.05) is 43.3 Å². The second-order valence-electron chi connectivity index (χ2n) is 8.13. The van der Waals surface area contributed by atoms with E-state index >= 15 is 0 Å². The third-order valence-electron chi connectivity index (χ3n) is 5.87. The summed E-state index contributed by atoms with van der Waals surface area (Å²) in [4.78, 5) is 14.9. The third-order valence-corrected chi connectivity index (χ3v) is 7.78. The van der Waals surface area contributed by atoms with Crippen LogP contribution in [-0.4, -0.2) is 64.4 Å². The molecule has 174 valence electrons. The maximum Gasteiger partial charge on any atom is 0.243 e. The van der Waals surface area contributed by atoms with Gasteiger partial charge in [0.05, 0.1) is 18.0 Å². The van der Waals surface area contributed by atoms with E-state index in [1.165, 1.54) is 16.4 Å². The number of carbonyl (C=O) groups excluding carboxylic acids is 1. The number of rotatable bonds is 8. The van der Waals surface area contributed by atoms with Crippen molar-refractivity contribution in [2.24, 2.45) is 5.92 Å². The first kappa shape index (κ1) is 24.2. The van der Waals surface area contributed by atoms with Crippen molar-refractivity contribution in [3.05, 3.63) is 59.9 Å². The summed E-state index contributed by atoms with van der Waals surface area (Å²) < 4.78 is 45.2. The molecular formula is C23H30FN3O4S. The number of sulfonamides is 1. The highest BCUT2D eigenvalue weighted by Gasteiger charge is 2.32. The molecule has 0 unspecified atom stereocenters. The van der Waals surface area contributed by atoms with Crippen molar-refractivity contribution < 1.29 is 22.3 Å². The van der Waals surface area contributed by atoms with E-state index < -0.39 is 15.8 Å². The molecule has 9 heteroatoms. The van der Waals surface area contributed by atoms with Crippen LogP contribution in [0.2, 0.25) is 0 Å². The van der Waals surface area contributed by atoms with Crippen molar-refractivity contribution in [1.29, 1.82) is 0 Å². The highest BCUT2D eigenvalue weighted by molar-refractivity contribution is 7.89. The number of piperidine rings is 1. The Morgan fingerprint density at radius 1 is 1.12 bits per heavy atom. The Bertz CT molecular complexity index is 1000. The van der Waals surface area contributed by atoms with Gasteiger partial charge >= 0.3 is 0 Å². The quantitative estimate of drug-likeness (QED) is 0.651. The van der Waals surface area contributed by atoms with Crippen molar-refractivity contribution in [2.45, 2.75) is 23.8 Å². The first-order chi connectivity index (χ1) is 15.2. The molecule has 0 radical (unpaired) electrons.